The van der Waals surface area contributed by atoms with Crippen molar-refractivity contribution in [3.8, 4) is 0 Å². The third kappa shape index (κ3) is 8.50. The van der Waals surface area contributed by atoms with Crippen LogP contribution in [0, 0.1) is 5.92 Å². The van der Waals surface area contributed by atoms with Crippen LogP contribution in [0.1, 0.15) is 34.1 Å². The highest BCUT2D eigenvalue weighted by atomic mass is 32.2. The Morgan fingerprint density at radius 2 is 1.85 bits per heavy atom. The largest absolute Gasteiger partial charge is 0.352 e. The number of carbonyl (C=O) groups excluding carboxylic acids is 1. The first-order valence-corrected chi connectivity index (χ1v) is 8.98. The molecule has 0 saturated carbocycles. The molecule has 0 rings (SSSR count). The van der Waals surface area contributed by atoms with Gasteiger partial charge >= 0.3 is 0 Å². The average Bonchev–Trinajstić information content (AvgIpc) is 2.31. The van der Waals surface area contributed by atoms with Crippen molar-refractivity contribution in [1.82, 2.24) is 14.9 Å². The number of amides is 1. The molecule has 120 valence electrons. The van der Waals surface area contributed by atoms with Gasteiger partial charge in [0.05, 0.1) is 12.8 Å². The molecule has 1 amide bonds. The number of nitrogens with zero attached hydrogens (tertiary/aromatic N) is 1. The molecule has 0 saturated heterocycles. The van der Waals surface area contributed by atoms with Crippen LogP contribution in [0.15, 0.2) is 0 Å². The number of rotatable bonds is 10. The molecule has 0 aromatic carbocycles. The van der Waals surface area contributed by atoms with Crippen molar-refractivity contribution < 1.29 is 13.2 Å². The van der Waals surface area contributed by atoms with E-state index in [0.29, 0.717) is 32.0 Å². The Kier molecular flexibility index (Phi) is 9.00. The van der Waals surface area contributed by atoms with Crippen molar-refractivity contribution in [2.45, 2.75) is 40.2 Å². The predicted molar refractivity (Wildman–Crippen MR) is 82.0 cm³/mol. The average molecular weight is 307 g/mol. The number of carbonyl (C=O) groups is 1. The van der Waals surface area contributed by atoms with E-state index in [1.54, 1.807) is 0 Å². The fourth-order valence-electron chi connectivity index (χ4n) is 1.61. The Hall–Kier alpha value is -0.660. The van der Waals surface area contributed by atoms with E-state index in [-0.39, 0.29) is 18.5 Å². The van der Waals surface area contributed by atoms with Gasteiger partial charge in [-0.2, -0.15) is 0 Å². The summed E-state index contributed by atoms with van der Waals surface area (Å²) >= 11 is 0. The molecule has 7 heteroatoms. The van der Waals surface area contributed by atoms with Gasteiger partial charge in [0.15, 0.2) is 0 Å². The highest BCUT2D eigenvalue weighted by Crippen LogP contribution is 1.99. The quantitative estimate of drug-likeness (QED) is 0.573. The predicted octanol–water partition coefficient (Wildman–Crippen LogP) is 0.408. The highest BCUT2D eigenvalue weighted by molar-refractivity contribution is 7.88. The molecule has 20 heavy (non-hydrogen) atoms. The third-order valence-electron chi connectivity index (χ3n) is 3.26. The van der Waals surface area contributed by atoms with Crippen LogP contribution in [0.2, 0.25) is 0 Å². The smallest absolute Gasteiger partial charge is 0.234 e. The molecule has 1 atom stereocenters. The summed E-state index contributed by atoms with van der Waals surface area (Å²) < 4.78 is 24.1. The van der Waals surface area contributed by atoms with E-state index in [9.17, 15) is 13.2 Å². The maximum absolute atomic E-state index is 11.6. The van der Waals surface area contributed by atoms with Gasteiger partial charge in [0.1, 0.15) is 0 Å². The van der Waals surface area contributed by atoms with Crippen molar-refractivity contribution in [1.29, 1.82) is 0 Å². The first kappa shape index (κ1) is 19.3. The Balaban J connectivity index is 3.79. The minimum Gasteiger partial charge on any atom is -0.352 e. The van der Waals surface area contributed by atoms with E-state index < -0.39 is 10.0 Å². The van der Waals surface area contributed by atoms with Crippen LogP contribution in [0.5, 0.6) is 0 Å². The second-order valence-corrected chi connectivity index (χ2v) is 7.37. The summed E-state index contributed by atoms with van der Waals surface area (Å²) in [5.74, 6) is 0.383. The molecule has 0 fully saturated rings. The Labute approximate surface area is 123 Å². The zero-order valence-electron chi connectivity index (χ0n) is 13.3. The number of hydrogen-bond donors (Lipinski definition) is 2. The maximum Gasteiger partial charge on any atom is 0.234 e. The van der Waals surface area contributed by atoms with Crippen LogP contribution in [0.4, 0.5) is 0 Å². The lowest BCUT2D eigenvalue weighted by atomic mass is 10.1. The zero-order valence-corrected chi connectivity index (χ0v) is 14.1. The topological polar surface area (TPSA) is 78.5 Å². The lowest BCUT2D eigenvalue weighted by Crippen LogP contribution is -2.41. The zero-order chi connectivity index (χ0) is 15.8. The lowest BCUT2D eigenvalue weighted by Gasteiger charge is -2.18. The standard InChI is InChI=1S/C13H29N3O3S/c1-6-16(20(5,18)19)9-7-8-14-10-13(17)15-12(4)11(2)3/h11-12,14H,6-10H2,1-5H3,(H,15,17). The van der Waals surface area contributed by atoms with Gasteiger partial charge in [0, 0.05) is 19.1 Å². The first-order chi connectivity index (χ1) is 9.18. The van der Waals surface area contributed by atoms with Crippen molar-refractivity contribution in [3.63, 3.8) is 0 Å². The van der Waals surface area contributed by atoms with E-state index in [1.165, 1.54) is 10.6 Å². The van der Waals surface area contributed by atoms with E-state index in [4.69, 9.17) is 0 Å². The molecule has 0 aromatic heterocycles. The van der Waals surface area contributed by atoms with Gasteiger partial charge in [-0.15, -0.1) is 0 Å². The van der Waals surface area contributed by atoms with Gasteiger partial charge in [-0.3, -0.25) is 4.79 Å². The van der Waals surface area contributed by atoms with E-state index in [1.807, 2.05) is 13.8 Å². The number of hydrogen-bond acceptors (Lipinski definition) is 4. The monoisotopic (exact) mass is 307 g/mol. The molecule has 0 heterocycles. The minimum absolute atomic E-state index is 0.0262. The van der Waals surface area contributed by atoms with Gasteiger partial charge in [0.2, 0.25) is 15.9 Å². The molecule has 0 aromatic rings. The minimum atomic E-state index is -3.12. The summed E-state index contributed by atoms with van der Waals surface area (Å²) in [4.78, 5) is 11.6. The van der Waals surface area contributed by atoms with E-state index in [2.05, 4.69) is 24.5 Å². The van der Waals surface area contributed by atoms with Crippen molar-refractivity contribution >= 4 is 15.9 Å². The van der Waals surface area contributed by atoms with Crippen molar-refractivity contribution in [2.75, 3.05) is 32.4 Å². The summed E-state index contributed by atoms with van der Waals surface area (Å²) in [6, 6.07) is 0.158. The number of sulfonamides is 1. The SMILES string of the molecule is CCN(CCCNCC(=O)NC(C)C(C)C)S(C)(=O)=O. The van der Waals surface area contributed by atoms with Crippen LogP contribution >= 0.6 is 0 Å². The van der Waals surface area contributed by atoms with Crippen molar-refractivity contribution in [3.05, 3.63) is 0 Å². The van der Waals surface area contributed by atoms with Crippen LogP contribution in [0.3, 0.4) is 0 Å². The summed E-state index contributed by atoms with van der Waals surface area (Å²) in [5.41, 5.74) is 0. The molecule has 0 spiro atoms. The van der Waals surface area contributed by atoms with Crippen LogP contribution < -0.4 is 10.6 Å². The Bertz CT molecular complexity index is 382. The first-order valence-electron chi connectivity index (χ1n) is 7.13. The number of nitrogens with one attached hydrogen (secondary N) is 2. The second kappa shape index (κ2) is 9.31. The highest BCUT2D eigenvalue weighted by Gasteiger charge is 2.13. The fraction of sp³-hybridized carbons (Fsp3) is 0.923. The summed E-state index contributed by atoms with van der Waals surface area (Å²) in [6.45, 7) is 9.75. The third-order valence-corrected chi connectivity index (χ3v) is 4.64. The molecule has 0 aliphatic rings. The Morgan fingerprint density at radius 3 is 2.30 bits per heavy atom. The van der Waals surface area contributed by atoms with E-state index >= 15 is 0 Å². The Morgan fingerprint density at radius 1 is 1.25 bits per heavy atom. The molecule has 2 N–H and O–H groups in total. The van der Waals surface area contributed by atoms with Gasteiger partial charge in [0.25, 0.3) is 0 Å². The molecule has 1 unspecified atom stereocenters. The molecule has 0 radical (unpaired) electrons. The molecule has 0 bridgehead atoms. The molecule has 6 nitrogen and oxygen atoms in total. The second-order valence-electron chi connectivity index (χ2n) is 5.39. The van der Waals surface area contributed by atoms with Crippen molar-refractivity contribution in [2.24, 2.45) is 5.92 Å². The maximum atomic E-state index is 11.6. The van der Waals surface area contributed by atoms with Gasteiger partial charge < -0.3 is 10.6 Å². The van der Waals surface area contributed by atoms with Gasteiger partial charge in [-0.1, -0.05) is 20.8 Å². The summed E-state index contributed by atoms with van der Waals surface area (Å²) in [7, 11) is -3.12. The van der Waals surface area contributed by atoms with Crippen LogP contribution in [-0.2, 0) is 14.8 Å². The van der Waals surface area contributed by atoms with Gasteiger partial charge in [-0.25, -0.2) is 12.7 Å². The molecule has 0 aliphatic carbocycles. The fourth-order valence-corrected chi connectivity index (χ4v) is 2.54. The molecule has 0 aliphatic heterocycles. The summed E-state index contributed by atoms with van der Waals surface area (Å²) in [6.07, 6.45) is 1.90. The molecular weight excluding hydrogens is 278 g/mol. The normalized spacial score (nSPS) is 13.8. The van der Waals surface area contributed by atoms with E-state index in [0.717, 1.165) is 0 Å². The van der Waals surface area contributed by atoms with Crippen LogP contribution in [0.25, 0.3) is 0 Å². The lowest BCUT2D eigenvalue weighted by molar-refractivity contribution is -0.121. The summed E-state index contributed by atoms with van der Waals surface area (Å²) in [5, 5.41) is 5.93. The van der Waals surface area contributed by atoms with Gasteiger partial charge in [-0.05, 0) is 25.8 Å². The molecular formula is C13H29N3O3S. The van der Waals surface area contributed by atoms with Crippen LogP contribution in [-0.4, -0.2) is 57.1 Å².